The van der Waals surface area contributed by atoms with Gasteiger partial charge in [0.05, 0.1) is 0 Å². The second-order valence-corrected chi connectivity index (χ2v) is 7.21. The van der Waals surface area contributed by atoms with Gasteiger partial charge in [-0.15, -0.1) is 0 Å². The Kier molecular flexibility index (Phi) is 3.41. The molecule has 104 valence electrons. The van der Waals surface area contributed by atoms with E-state index in [1.165, 1.54) is 31.4 Å². The van der Waals surface area contributed by atoms with E-state index in [0.29, 0.717) is 5.92 Å². The fourth-order valence-corrected chi connectivity index (χ4v) is 4.48. The predicted octanol–water partition coefficient (Wildman–Crippen LogP) is 4.60. The number of fused-ring (bicyclic) bond motifs is 2. The van der Waals surface area contributed by atoms with Crippen molar-refractivity contribution in [3.05, 3.63) is 29.1 Å². The number of rotatable bonds is 2. The zero-order valence-corrected chi connectivity index (χ0v) is 12.8. The second kappa shape index (κ2) is 4.92. The quantitative estimate of drug-likeness (QED) is 0.754. The van der Waals surface area contributed by atoms with E-state index in [4.69, 9.17) is 0 Å². The highest BCUT2D eigenvalue weighted by Crippen LogP contribution is 2.56. The molecule has 0 aromatic carbocycles. The predicted molar refractivity (Wildman–Crippen MR) is 80.3 cm³/mol. The van der Waals surface area contributed by atoms with Gasteiger partial charge in [0, 0.05) is 11.9 Å². The summed E-state index contributed by atoms with van der Waals surface area (Å²) < 4.78 is 0. The van der Waals surface area contributed by atoms with Gasteiger partial charge in [-0.1, -0.05) is 27.7 Å². The van der Waals surface area contributed by atoms with E-state index >= 15 is 0 Å². The van der Waals surface area contributed by atoms with Gasteiger partial charge in [-0.05, 0) is 72.5 Å². The maximum atomic E-state index is 4.66. The van der Waals surface area contributed by atoms with E-state index in [1.54, 1.807) is 11.1 Å². The Morgan fingerprint density at radius 2 is 1.74 bits per heavy atom. The van der Waals surface area contributed by atoms with E-state index in [0.717, 1.165) is 23.7 Å². The maximum Gasteiger partial charge on any atom is 0.0463 e. The van der Waals surface area contributed by atoms with Crippen LogP contribution in [-0.4, -0.2) is 4.98 Å². The summed E-state index contributed by atoms with van der Waals surface area (Å²) in [6.45, 7) is 9.37. The molecule has 3 unspecified atom stereocenters. The van der Waals surface area contributed by atoms with Gasteiger partial charge in [0.1, 0.15) is 0 Å². The van der Waals surface area contributed by atoms with Gasteiger partial charge in [-0.25, -0.2) is 0 Å². The van der Waals surface area contributed by atoms with Crippen LogP contribution in [0.5, 0.6) is 0 Å². The van der Waals surface area contributed by atoms with E-state index in [2.05, 4.69) is 38.7 Å². The molecule has 1 heterocycles. The molecule has 2 aliphatic rings. The van der Waals surface area contributed by atoms with Gasteiger partial charge in [0.2, 0.25) is 0 Å². The third-order valence-electron chi connectivity index (χ3n) is 5.38. The van der Waals surface area contributed by atoms with Gasteiger partial charge < -0.3 is 0 Å². The Hall–Kier alpha value is -0.850. The molecule has 1 saturated carbocycles. The summed E-state index contributed by atoms with van der Waals surface area (Å²) in [5, 5.41) is 0. The largest absolute Gasteiger partial charge is 0.261 e. The molecule has 19 heavy (non-hydrogen) atoms. The van der Waals surface area contributed by atoms with Gasteiger partial charge in [0.15, 0.2) is 0 Å². The van der Waals surface area contributed by atoms with Crippen LogP contribution in [0.1, 0.15) is 63.3 Å². The fourth-order valence-electron chi connectivity index (χ4n) is 4.48. The number of hydrogen-bond donors (Lipinski definition) is 0. The molecule has 1 heteroatoms. The lowest BCUT2D eigenvalue weighted by atomic mass is 9.90. The van der Waals surface area contributed by atoms with Crippen LogP contribution in [0.2, 0.25) is 0 Å². The zero-order chi connectivity index (χ0) is 13.6. The second-order valence-electron chi connectivity index (χ2n) is 7.21. The highest BCUT2D eigenvalue weighted by atomic mass is 14.7. The third-order valence-corrected chi connectivity index (χ3v) is 5.38. The molecule has 0 amide bonds. The Labute approximate surface area is 117 Å². The average Bonchev–Trinajstić information content (AvgIpc) is 3.03. The Bertz CT molecular complexity index is 461. The normalized spacial score (nSPS) is 29.7. The minimum absolute atomic E-state index is 0.560. The molecular weight excluding hydrogens is 230 g/mol. The van der Waals surface area contributed by atoms with Crippen molar-refractivity contribution >= 4 is 0 Å². The first kappa shape index (κ1) is 13.1. The summed E-state index contributed by atoms with van der Waals surface area (Å²) in [6, 6.07) is 2.27. The number of aromatic nitrogens is 1. The van der Waals surface area contributed by atoms with E-state index in [1.807, 2.05) is 6.20 Å². The molecule has 2 aliphatic carbocycles. The molecular formula is C18H27N. The van der Waals surface area contributed by atoms with Crippen molar-refractivity contribution in [2.24, 2.45) is 23.7 Å². The number of nitrogens with zero attached hydrogens (tertiary/aromatic N) is 1. The highest BCUT2D eigenvalue weighted by molar-refractivity contribution is 5.33. The summed E-state index contributed by atoms with van der Waals surface area (Å²) in [7, 11) is 0. The average molecular weight is 257 g/mol. The van der Waals surface area contributed by atoms with Crippen molar-refractivity contribution in [1.29, 1.82) is 0 Å². The van der Waals surface area contributed by atoms with Crippen LogP contribution >= 0.6 is 0 Å². The van der Waals surface area contributed by atoms with Crippen molar-refractivity contribution in [3.63, 3.8) is 0 Å². The molecule has 3 rings (SSSR count). The SMILES string of the molecule is CC(C)c1nccc2c1CCC1C(CC2)C1C(C)C. The minimum atomic E-state index is 0.560. The van der Waals surface area contributed by atoms with E-state index in [9.17, 15) is 0 Å². The van der Waals surface area contributed by atoms with Crippen LogP contribution in [0.25, 0.3) is 0 Å². The first-order valence-corrected chi connectivity index (χ1v) is 8.06. The third kappa shape index (κ3) is 2.32. The Morgan fingerprint density at radius 3 is 2.37 bits per heavy atom. The summed E-state index contributed by atoms with van der Waals surface area (Å²) in [5.41, 5.74) is 4.54. The van der Waals surface area contributed by atoms with Crippen LogP contribution in [0.4, 0.5) is 0 Å². The molecule has 1 fully saturated rings. The van der Waals surface area contributed by atoms with E-state index in [-0.39, 0.29) is 0 Å². The summed E-state index contributed by atoms with van der Waals surface area (Å²) in [4.78, 5) is 4.66. The first-order valence-electron chi connectivity index (χ1n) is 8.06. The topological polar surface area (TPSA) is 12.9 Å². The van der Waals surface area contributed by atoms with Gasteiger partial charge in [0.25, 0.3) is 0 Å². The lowest BCUT2D eigenvalue weighted by molar-refractivity contribution is 0.491. The summed E-state index contributed by atoms with van der Waals surface area (Å²) in [5.74, 6) is 4.46. The highest BCUT2D eigenvalue weighted by Gasteiger charge is 2.50. The smallest absolute Gasteiger partial charge is 0.0463 e. The Morgan fingerprint density at radius 1 is 1.05 bits per heavy atom. The molecule has 3 atom stereocenters. The van der Waals surface area contributed by atoms with Crippen LogP contribution in [0.3, 0.4) is 0 Å². The number of aryl methyl sites for hydroxylation is 1. The van der Waals surface area contributed by atoms with E-state index < -0.39 is 0 Å². The Balaban J connectivity index is 1.85. The van der Waals surface area contributed by atoms with Gasteiger partial charge in [-0.3, -0.25) is 4.98 Å². The number of hydrogen-bond acceptors (Lipinski definition) is 1. The lowest BCUT2D eigenvalue weighted by Gasteiger charge is -2.18. The molecule has 0 N–H and O–H groups in total. The van der Waals surface area contributed by atoms with Gasteiger partial charge in [-0.2, -0.15) is 0 Å². The molecule has 0 aliphatic heterocycles. The molecule has 1 aromatic heterocycles. The molecule has 0 spiro atoms. The monoisotopic (exact) mass is 257 g/mol. The van der Waals surface area contributed by atoms with Crippen molar-refractivity contribution in [3.8, 4) is 0 Å². The maximum absolute atomic E-state index is 4.66. The molecule has 0 bridgehead atoms. The standard InChI is InChI=1S/C18H27N/c1-11(2)17-15-6-5-13-9-10-19-18(12(3)4)14(13)7-8-16(15)17/h9-12,15-17H,5-8H2,1-4H3. The summed E-state index contributed by atoms with van der Waals surface area (Å²) >= 11 is 0. The fraction of sp³-hybridized carbons (Fsp3) is 0.722. The lowest BCUT2D eigenvalue weighted by Crippen LogP contribution is -2.08. The molecule has 0 saturated heterocycles. The van der Waals surface area contributed by atoms with Crippen molar-refractivity contribution in [2.75, 3.05) is 0 Å². The van der Waals surface area contributed by atoms with Crippen molar-refractivity contribution in [1.82, 2.24) is 4.98 Å². The van der Waals surface area contributed by atoms with Gasteiger partial charge >= 0.3 is 0 Å². The van der Waals surface area contributed by atoms with Crippen LogP contribution in [0, 0.1) is 23.7 Å². The van der Waals surface area contributed by atoms with Crippen molar-refractivity contribution < 1.29 is 0 Å². The van der Waals surface area contributed by atoms with Crippen molar-refractivity contribution in [2.45, 2.75) is 59.3 Å². The molecule has 0 radical (unpaired) electrons. The zero-order valence-electron chi connectivity index (χ0n) is 12.8. The van der Waals surface area contributed by atoms with Crippen LogP contribution in [0.15, 0.2) is 12.3 Å². The van der Waals surface area contributed by atoms with Crippen LogP contribution in [-0.2, 0) is 12.8 Å². The molecule has 1 aromatic rings. The number of pyridine rings is 1. The minimum Gasteiger partial charge on any atom is -0.261 e. The first-order chi connectivity index (χ1) is 9.09. The van der Waals surface area contributed by atoms with Crippen LogP contribution < -0.4 is 0 Å². The molecule has 1 nitrogen and oxygen atoms in total. The summed E-state index contributed by atoms with van der Waals surface area (Å²) in [6.07, 6.45) is 7.37.